The van der Waals surface area contributed by atoms with E-state index < -0.39 is 0 Å². The smallest absolute Gasteiger partial charge is 0.0159 e. The topological polar surface area (TPSA) is 3.24 Å². The molecule has 1 rings (SSSR count). The average Bonchev–Trinajstić information content (AvgIpc) is 1.95. The normalized spacial score (nSPS) is 34.1. The van der Waals surface area contributed by atoms with Crippen LogP contribution >= 0.6 is 15.9 Å². The van der Waals surface area contributed by atoms with E-state index >= 15 is 0 Å². The Bertz CT molecular complexity index is 116. The highest BCUT2D eigenvalue weighted by Crippen LogP contribution is 2.21. The molecule has 2 unspecified atom stereocenters. The number of rotatable bonds is 2. The minimum absolute atomic E-state index is 0.802. The number of nitrogens with zero attached hydrogens (tertiary/aromatic N) is 1. The summed E-state index contributed by atoms with van der Waals surface area (Å²) in [5, 5.41) is 1.12. The number of hydrogen-bond acceptors (Lipinski definition) is 1. The minimum atomic E-state index is 0.802. The summed E-state index contributed by atoms with van der Waals surface area (Å²) >= 11 is 3.49. The van der Waals surface area contributed by atoms with Gasteiger partial charge in [0.1, 0.15) is 0 Å². The molecule has 0 aromatic rings. The molecule has 1 saturated heterocycles. The monoisotopic (exact) mass is 219 g/mol. The fourth-order valence-corrected chi connectivity index (χ4v) is 2.35. The number of alkyl halides is 1. The predicted octanol–water partition coefficient (Wildman–Crippen LogP) is 2.50. The van der Waals surface area contributed by atoms with Crippen LogP contribution in [-0.2, 0) is 0 Å². The molecule has 2 atom stereocenters. The van der Waals surface area contributed by atoms with E-state index in [-0.39, 0.29) is 0 Å². The van der Waals surface area contributed by atoms with Crippen molar-refractivity contribution >= 4 is 15.9 Å². The lowest BCUT2D eigenvalue weighted by molar-refractivity contribution is 0.138. The summed E-state index contributed by atoms with van der Waals surface area (Å²) in [7, 11) is 0. The third-order valence-electron chi connectivity index (χ3n) is 2.65. The highest BCUT2D eigenvalue weighted by atomic mass is 79.9. The third kappa shape index (κ3) is 2.75. The molecule has 2 heteroatoms. The van der Waals surface area contributed by atoms with Gasteiger partial charge in [-0.2, -0.15) is 0 Å². The Morgan fingerprint density at radius 3 is 2.73 bits per heavy atom. The van der Waals surface area contributed by atoms with Crippen molar-refractivity contribution in [3.05, 3.63) is 0 Å². The van der Waals surface area contributed by atoms with E-state index in [1.165, 1.54) is 25.9 Å². The number of hydrogen-bond donors (Lipinski definition) is 0. The second kappa shape index (κ2) is 4.46. The zero-order chi connectivity index (χ0) is 8.27. The van der Waals surface area contributed by atoms with E-state index in [2.05, 4.69) is 34.7 Å². The SMILES string of the molecule is CC1CCN(CCBr)C(C)C1. The summed E-state index contributed by atoms with van der Waals surface area (Å²) in [6.07, 6.45) is 2.77. The summed E-state index contributed by atoms with van der Waals surface area (Å²) in [5.74, 6) is 0.941. The van der Waals surface area contributed by atoms with Gasteiger partial charge in [0.15, 0.2) is 0 Å². The molecule has 0 aromatic heterocycles. The van der Waals surface area contributed by atoms with Crippen molar-refractivity contribution in [3.8, 4) is 0 Å². The molecule has 1 fully saturated rings. The Balaban J connectivity index is 2.31. The lowest BCUT2D eigenvalue weighted by atomic mass is 9.93. The van der Waals surface area contributed by atoms with Gasteiger partial charge in [0, 0.05) is 17.9 Å². The van der Waals surface area contributed by atoms with E-state index in [0.717, 1.165) is 17.3 Å². The maximum Gasteiger partial charge on any atom is 0.0159 e. The number of likely N-dealkylation sites (tertiary alicyclic amines) is 1. The largest absolute Gasteiger partial charge is 0.300 e. The predicted molar refractivity (Wildman–Crippen MR) is 53.2 cm³/mol. The van der Waals surface area contributed by atoms with E-state index in [1.54, 1.807) is 0 Å². The number of piperidine rings is 1. The van der Waals surface area contributed by atoms with E-state index in [0.29, 0.717) is 0 Å². The Morgan fingerprint density at radius 2 is 2.18 bits per heavy atom. The van der Waals surface area contributed by atoms with Crippen LogP contribution in [-0.4, -0.2) is 29.4 Å². The fraction of sp³-hybridized carbons (Fsp3) is 1.00. The second-order valence-electron chi connectivity index (χ2n) is 3.70. The van der Waals surface area contributed by atoms with Crippen LogP contribution in [0, 0.1) is 5.92 Å². The first-order valence-electron chi connectivity index (χ1n) is 4.54. The Labute approximate surface area is 78.3 Å². The molecule has 1 nitrogen and oxygen atoms in total. The van der Waals surface area contributed by atoms with Crippen LogP contribution in [0.4, 0.5) is 0 Å². The fourth-order valence-electron chi connectivity index (χ4n) is 1.90. The van der Waals surface area contributed by atoms with Crippen LogP contribution < -0.4 is 0 Å². The summed E-state index contributed by atoms with van der Waals surface area (Å²) in [4.78, 5) is 2.58. The van der Waals surface area contributed by atoms with Crippen LogP contribution in [0.2, 0.25) is 0 Å². The van der Waals surface area contributed by atoms with Crippen LogP contribution in [0.3, 0.4) is 0 Å². The zero-order valence-electron chi connectivity index (χ0n) is 7.52. The highest BCUT2D eigenvalue weighted by Gasteiger charge is 2.21. The first-order chi connectivity index (χ1) is 5.24. The van der Waals surface area contributed by atoms with Gasteiger partial charge < -0.3 is 0 Å². The van der Waals surface area contributed by atoms with Crippen molar-refractivity contribution in [2.75, 3.05) is 18.4 Å². The van der Waals surface area contributed by atoms with Crippen molar-refractivity contribution < 1.29 is 0 Å². The van der Waals surface area contributed by atoms with Gasteiger partial charge in [0.25, 0.3) is 0 Å². The van der Waals surface area contributed by atoms with Crippen LogP contribution in [0.15, 0.2) is 0 Å². The van der Waals surface area contributed by atoms with Gasteiger partial charge in [-0.05, 0) is 32.2 Å². The molecule has 0 aromatic carbocycles. The Hall–Kier alpha value is 0.440. The first kappa shape index (κ1) is 9.53. The van der Waals surface area contributed by atoms with Gasteiger partial charge in [-0.25, -0.2) is 0 Å². The molecular formula is C9H18BrN. The van der Waals surface area contributed by atoms with Crippen molar-refractivity contribution in [1.29, 1.82) is 0 Å². The highest BCUT2D eigenvalue weighted by molar-refractivity contribution is 9.09. The molecule has 0 spiro atoms. The summed E-state index contributed by atoms with van der Waals surface area (Å²) < 4.78 is 0. The average molecular weight is 220 g/mol. The maximum atomic E-state index is 3.49. The van der Waals surface area contributed by atoms with Crippen LogP contribution in [0.25, 0.3) is 0 Å². The summed E-state index contributed by atoms with van der Waals surface area (Å²) in [6.45, 7) is 7.22. The summed E-state index contributed by atoms with van der Waals surface area (Å²) in [6, 6.07) is 0.802. The number of halogens is 1. The molecule has 1 aliphatic rings. The van der Waals surface area contributed by atoms with Gasteiger partial charge >= 0.3 is 0 Å². The molecule has 0 amide bonds. The summed E-state index contributed by atoms with van der Waals surface area (Å²) in [5.41, 5.74) is 0. The van der Waals surface area contributed by atoms with Gasteiger partial charge in [0.05, 0.1) is 0 Å². The van der Waals surface area contributed by atoms with E-state index in [4.69, 9.17) is 0 Å². The maximum absolute atomic E-state index is 3.49. The quantitative estimate of drug-likeness (QED) is 0.646. The van der Waals surface area contributed by atoms with Crippen molar-refractivity contribution in [1.82, 2.24) is 4.90 Å². The van der Waals surface area contributed by atoms with Gasteiger partial charge in [-0.3, -0.25) is 4.90 Å². The molecule has 11 heavy (non-hydrogen) atoms. The van der Waals surface area contributed by atoms with Crippen molar-refractivity contribution in [2.45, 2.75) is 32.7 Å². The Kier molecular flexibility index (Phi) is 3.86. The Morgan fingerprint density at radius 1 is 1.45 bits per heavy atom. The molecule has 0 aliphatic carbocycles. The minimum Gasteiger partial charge on any atom is -0.300 e. The van der Waals surface area contributed by atoms with Gasteiger partial charge in [-0.1, -0.05) is 22.9 Å². The van der Waals surface area contributed by atoms with Crippen LogP contribution in [0.5, 0.6) is 0 Å². The zero-order valence-corrected chi connectivity index (χ0v) is 9.10. The molecule has 1 heterocycles. The first-order valence-corrected chi connectivity index (χ1v) is 5.66. The second-order valence-corrected chi connectivity index (χ2v) is 4.50. The van der Waals surface area contributed by atoms with E-state index in [1.807, 2.05) is 0 Å². The molecule has 0 bridgehead atoms. The molecule has 1 aliphatic heterocycles. The lowest BCUT2D eigenvalue weighted by Crippen LogP contribution is -2.41. The standard InChI is InChI=1S/C9H18BrN/c1-8-3-5-11(6-4-10)9(2)7-8/h8-9H,3-7H2,1-2H3. The van der Waals surface area contributed by atoms with E-state index in [9.17, 15) is 0 Å². The van der Waals surface area contributed by atoms with Crippen molar-refractivity contribution in [3.63, 3.8) is 0 Å². The van der Waals surface area contributed by atoms with Gasteiger partial charge in [0.2, 0.25) is 0 Å². The molecular weight excluding hydrogens is 202 g/mol. The molecule has 66 valence electrons. The lowest BCUT2D eigenvalue weighted by Gasteiger charge is -2.36. The molecule has 0 N–H and O–H groups in total. The van der Waals surface area contributed by atoms with Crippen molar-refractivity contribution in [2.24, 2.45) is 5.92 Å². The van der Waals surface area contributed by atoms with Gasteiger partial charge in [-0.15, -0.1) is 0 Å². The third-order valence-corrected chi connectivity index (χ3v) is 3.00. The molecule has 0 radical (unpaired) electrons. The molecule has 0 saturated carbocycles. The van der Waals surface area contributed by atoms with Crippen LogP contribution in [0.1, 0.15) is 26.7 Å².